The molecule has 5 nitrogen and oxygen atoms in total. The molecule has 1 aliphatic carbocycles. The summed E-state index contributed by atoms with van der Waals surface area (Å²) in [6, 6.07) is 81.8. The van der Waals surface area contributed by atoms with Crippen molar-refractivity contribution in [2.75, 3.05) is 9.80 Å². The molecule has 0 atom stereocenters. The van der Waals surface area contributed by atoms with E-state index in [1.54, 1.807) is 0 Å². The third kappa shape index (κ3) is 5.16. The van der Waals surface area contributed by atoms with Gasteiger partial charge >= 0.3 is 0 Å². The number of rotatable bonds is 6. The van der Waals surface area contributed by atoms with Crippen molar-refractivity contribution in [3.05, 3.63) is 253 Å². The normalized spacial score (nSPS) is 13.1. The van der Waals surface area contributed by atoms with Crippen molar-refractivity contribution >= 4 is 78.0 Å². The molecule has 3 heterocycles. The monoisotopic (exact) mass is 846 g/mol. The molecular formula is C61H38N2O3. The van der Waals surface area contributed by atoms with Crippen LogP contribution in [0.2, 0.25) is 0 Å². The fourth-order valence-corrected chi connectivity index (χ4v) is 11.1. The number of fused-ring (bicyclic) bond motifs is 15. The van der Waals surface area contributed by atoms with E-state index in [2.05, 4.69) is 222 Å². The van der Waals surface area contributed by atoms with Gasteiger partial charge in [0.15, 0.2) is 0 Å². The van der Waals surface area contributed by atoms with Crippen molar-refractivity contribution in [1.29, 1.82) is 0 Å². The Bertz CT molecular complexity index is 3800. The molecule has 0 saturated carbocycles. The minimum atomic E-state index is -0.654. The molecule has 0 bridgehead atoms. The Kier molecular flexibility index (Phi) is 7.83. The van der Waals surface area contributed by atoms with Gasteiger partial charge in [0, 0.05) is 45.0 Å². The van der Waals surface area contributed by atoms with Crippen molar-refractivity contribution in [3.63, 3.8) is 0 Å². The molecule has 12 aromatic rings. The Balaban J connectivity index is 1.10. The number of furan rings is 2. The van der Waals surface area contributed by atoms with E-state index in [0.717, 1.165) is 101 Å². The lowest BCUT2D eigenvalue weighted by atomic mass is 9.66. The van der Waals surface area contributed by atoms with Crippen LogP contribution in [0.4, 0.5) is 34.1 Å². The number of nitrogens with zero attached hydrogens (tertiary/aromatic N) is 2. The standard InChI is InChI=1S/C61H38N2O3/c1-3-18-39(19-4-1)62(40-20-5-2-6-21-40)52-37-42(38-58-60(52)46-25-10-15-31-54(46)65-58)63(51-29-17-33-57-59(51)45-24-9-14-30-53(45)64-57)41-34-35-56-50(36-41)61(49-28-13-16-32-55(49)66-56)47-26-11-7-22-43(47)44-23-8-12-27-48(44)61/h1-38H. The van der Waals surface area contributed by atoms with Crippen LogP contribution in [0.3, 0.4) is 0 Å². The van der Waals surface area contributed by atoms with Gasteiger partial charge in [0.2, 0.25) is 0 Å². The minimum absolute atomic E-state index is 0.654. The van der Waals surface area contributed by atoms with Gasteiger partial charge in [-0.3, -0.25) is 0 Å². The number of anilines is 6. The molecule has 2 aromatic heterocycles. The molecule has 0 radical (unpaired) electrons. The Morgan fingerprint density at radius 3 is 1.50 bits per heavy atom. The molecule has 14 rings (SSSR count). The average Bonchev–Trinajstić information content (AvgIpc) is 4.04. The van der Waals surface area contributed by atoms with Crippen molar-refractivity contribution < 1.29 is 13.6 Å². The number of benzene rings is 10. The summed E-state index contributed by atoms with van der Waals surface area (Å²) in [5, 5.41) is 4.14. The number of para-hydroxylation sites is 5. The van der Waals surface area contributed by atoms with E-state index in [9.17, 15) is 0 Å². The van der Waals surface area contributed by atoms with Crippen LogP contribution in [-0.4, -0.2) is 0 Å². The lowest BCUT2D eigenvalue weighted by Gasteiger charge is -2.40. The first kappa shape index (κ1) is 36.7. The lowest BCUT2D eigenvalue weighted by molar-refractivity contribution is 0.436. The smallest absolute Gasteiger partial charge is 0.139 e. The maximum Gasteiger partial charge on any atom is 0.139 e. The van der Waals surface area contributed by atoms with Gasteiger partial charge in [-0.15, -0.1) is 0 Å². The van der Waals surface area contributed by atoms with Crippen LogP contribution in [0.25, 0.3) is 55.0 Å². The van der Waals surface area contributed by atoms with E-state index in [1.807, 2.05) is 18.2 Å². The number of ether oxygens (including phenoxy) is 1. The van der Waals surface area contributed by atoms with Crippen LogP contribution in [0, 0.1) is 0 Å². The van der Waals surface area contributed by atoms with Crippen molar-refractivity contribution in [1.82, 2.24) is 0 Å². The summed E-state index contributed by atoms with van der Waals surface area (Å²) in [5.41, 5.74) is 15.6. The highest BCUT2D eigenvalue weighted by atomic mass is 16.5. The molecular weight excluding hydrogens is 809 g/mol. The fraction of sp³-hybridized carbons (Fsp3) is 0.0164. The summed E-state index contributed by atoms with van der Waals surface area (Å²) in [7, 11) is 0. The fourth-order valence-electron chi connectivity index (χ4n) is 11.1. The molecule has 1 aliphatic heterocycles. The third-order valence-corrected chi connectivity index (χ3v) is 13.7. The Morgan fingerprint density at radius 1 is 0.303 bits per heavy atom. The molecule has 0 N–H and O–H groups in total. The van der Waals surface area contributed by atoms with E-state index < -0.39 is 5.41 Å². The van der Waals surface area contributed by atoms with Gasteiger partial charge in [-0.2, -0.15) is 0 Å². The summed E-state index contributed by atoms with van der Waals surface area (Å²) in [6.45, 7) is 0. The maximum atomic E-state index is 6.94. The highest BCUT2D eigenvalue weighted by Crippen LogP contribution is 2.63. The maximum absolute atomic E-state index is 6.94. The zero-order valence-corrected chi connectivity index (χ0v) is 35.6. The van der Waals surface area contributed by atoms with Crippen LogP contribution in [-0.2, 0) is 5.41 Å². The van der Waals surface area contributed by atoms with Crippen LogP contribution in [0.15, 0.2) is 239 Å². The topological polar surface area (TPSA) is 42.0 Å². The van der Waals surface area contributed by atoms with E-state index in [-0.39, 0.29) is 0 Å². The third-order valence-electron chi connectivity index (χ3n) is 13.7. The van der Waals surface area contributed by atoms with Gasteiger partial charge in [0.05, 0.1) is 33.2 Å². The highest BCUT2D eigenvalue weighted by molar-refractivity contribution is 6.17. The van der Waals surface area contributed by atoms with Gasteiger partial charge < -0.3 is 23.4 Å². The van der Waals surface area contributed by atoms with E-state index in [1.165, 1.54) is 22.3 Å². The van der Waals surface area contributed by atoms with Crippen molar-refractivity contribution in [2.24, 2.45) is 0 Å². The van der Waals surface area contributed by atoms with Crippen LogP contribution >= 0.6 is 0 Å². The molecule has 66 heavy (non-hydrogen) atoms. The highest BCUT2D eigenvalue weighted by Gasteiger charge is 2.51. The number of hydrogen-bond donors (Lipinski definition) is 0. The zero-order chi connectivity index (χ0) is 43.3. The van der Waals surface area contributed by atoms with E-state index in [0.29, 0.717) is 0 Å². The van der Waals surface area contributed by atoms with Crippen LogP contribution in [0.5, 0.6) is 11.5 Å². The molecule has 0 fully saturated rings. The lowest BCUT2D eigenvalue weighted by Crippen LogP contribution is -2.32. The first-order valence-electron chi connectivity index (χ1n) is 22.4. The molecule has 2 aliphatic rings. The Hall–Kier alpha value is -8.80. The second-order valence-electron chi connectivity index (χ2n) is 17.1. The van der Waals surface area contributed by atoms with Crippen LogP contribution in [0.1, 0.15) is 22.3 Å². The largest absolute Gasteiger partial charge is 0.457 e. The SMILES string of the molecule is c1ccc(N(c2ccccc2)c2cc(N(c3ccc4c(c3)C3(c5ccccc5O4)c4ccccc4-c4ccccc43)c3cccc4oc5ccccc5c34)cc3oc4ccccc4c23)cc1. The molecule has 10 aromatic carbocycles. The van der Waals surface area contributed by atoms with Gasteiger partial charge in [0.25, 0.3) is 0 Å². The molecule has 310 valence electrons. The average molecular weight is 847 g/mol. The van der Waals surface area contributed by atoms with Gasteiger partial charge in [-0.1, -0.05) is 146 Å². The Labute approximate surface area is 380 Å². The van der Waals surface area contributed by atoms with E-state index >= 15 is 0 Å². The Morgan fingerprint density at radius 2 is 0.818 bits per heavy atom. The summed E-state index contributed by atoms with van der Waals surface area (Å²) < 4.78 is 20.5. The minimum Gasteiger partial charge on any atom is -0.457 e. The summed E-state index contributed by atoms with van der Waals surface area (Å²) >= 11 is 0. The molecule has 0 unspecified atom stereocenters. The van der Waals surface area contributed by atoms with Crippen LogP contribution < -0.4 is 14.5 Å². The van der Waals surface area contributed by atoms with Gasteiger partial charge in [-0.05, 0) is 101 Å². The van der Waals surface area contributed by atoms with Gasteiger partial charge in [0.1, 0.15) is 33.8 Å². The quantitative estimate of drug-likeness (QED) is 0.167. The van der Waals surface area contributed by atoms with Gasteiger partial charge in [-0.25, -0.2) is 0 Å². The molecule has 0 saturated heterocycles. The second-order valence-corrected chi connectivity index (χ2v) is 17.1. The molecule has 5 heteroatoms. The predicted molar refractivity (Wildman–Crippen MR) is 268 cm³/mol. The molecule has 0 amide bonds. The summed E-state index contributed by atoms with van der Waals surface area (Å²) in [5.74, 6) is 1.68. The predicted octanol–water partition coefficient (Wildman–Crippen LogP) is 16.9. The molecule has 1 spiro atoms. The van der Waals surface area contributed by atoms with Crippen molar-refractivity contribution in [2.45, 2.75) is 5.41 Å². The van der Waals surface area contributed by atoms with Crippen molar-refractivity contribution in [3.8, 4) is 22.6 Å². The second kappa shape index (κ2) is 14.1. The zero-order valence-electron chi connectivity index (χ0n) is 35.6. The summed E-state index contributed by atoms with van der Waals surface area (Å²) in [6.07, 6.45) is 0. The first-order valence-corrected chi connectivity index (χ1v) is 22.4. The van der Waals surface area contributed by atoms with E-state index in [4.69, 9.17) is 13.6 Å². The summed E-state index contributed by atoms with van der Waals surface area (Å²) in [4.78, 5) is 4.73. The first-order chi connectivity index (χ1) is 32.7. The number of hydrogen-bond acceptors (Lipinski definition) is 5.